The zero-order chi connectivity index (χ0) is 18.7. The van der Waals surface area contributed by atoms with Crippen molar-refractivity contribution in [1.82, 2.24) is 4.57 Å². The highest BCUT2D eigenvalue weighted by Gasteiger charge is 2.12. The number of nitrogens with zero attached hydrogens (tertiary/aromatic N) is 1. The summed E-state index contributed by atoms with van der Waals surface area (Å²) in [7, 11) is 1.87. The summed E-state index contributed by atoms with van der Waals surface area (Å²) < 4.78 is 39.1. The first-order valence-corrected chi connectivity index (χ1v) is 8.05. The fraction of sp³-hybridized carbons (Fsp3) is 0.150. The van der Waals surface area contributed by atoms with E-state index in [1.54, 1.807) is 25.1 Å². The van der Waals surface area contributed by atoms with Crippen LogP contribution in [0.25, 0.3) is 17.0 Å². The van der Waals surface area contributed by atoms with E-state index in [0.29, 0.717) is 12.4 Å². The number of rotatable bonds is 5. The third kappa shape index (κ3) is 3.59. The van der Waals surface area contributed by atoms with Crippen molar-refractivity contribution in [3.8, 4) is 11.5 Å². The molecule has 26 heavy (non-hydrogen) atoms. The molecule has 0 N–H and O–H groups in total. The second kappa shape index (κ2) is 7.39. The Morgan fingerprint density at radius 3 is 2.73 bits per heavy atom. The van der Waals surface area contributed by atoms with Crippen LogP contribution in [0.4, 0.5) is 8.78 Å². The van der Waals surface area contributed by atoms with Gasteiger partial charge >= 0.3 is 5.97 Å². The number of esters is 1. The summed E-state index contributed by atoms with van der Waals surface area (Å²) in [6, 6.07) is 8.79. The summed E-state index contributed by atoms with van der Waals surface area (Å²) in [5.74, 6) is -1.71. The van der Waals surface area contributed by atoms with Crippen LogP contribution in [0, 0.1) is 11.6 Å². The second-order valence-electron chi connectivity index (χ2n) is 5.61. The summed E-state index contributed by atoms with van der Waals surface area (Å²) in [6.45, 7) is 2.03. The Morgan fingerprint density at radius 2 is 2.00 bits per heavy atom. The molecule has 0 saturated heterocycles. The molecule has 0 unspecified atom stereocenters. The Morgan fingerprint density at radius 1 is 1.19 bits per heavy atom. The number of halogens is 2. The van der Waals surface area contributed by atoms with Gasteiger partial charge in [-0.15, -0.1) is 0 Å². The quantitative estimate of drug-likeness (QED) is 0.485. The summed E-state index contributed by atoms with van der Waals surface area (Å²) in [4.78, 5) is 11.6. The predicted molar refractivity (Wildman–Crippen MR) is 95.0 cm³/mol. The van der Waals surface area contributed by atoms with Crippen LogP contribution in [-0.4, -0.2) is 17.1 Å². The summed E-state index contributed by atoms with van der Waals surface area (Å²) in [5.41, 5.74) is 1.61. The average Bonchev–Trinajstić information content (AvgIpc) is 2.94. The Balaban J connectivity index is 2.02. The van der Waals surface area contributed by atoms with Crippen LogP contribution in [0.2, 0.25) is 0 Å². The molecule has 0 bridgehead atoms. The molecule has 0 radical (unpaired) electrons. The van der Waals surface area contributed by atoms with Crippen molar-refractivity contribution in [3.63, 3.8) is 0 Å². The summed E-state index contributed by atoms with van der Waals surface area (Å²) in [6.07, 6.45) is 4.82. The number of benzene rings is 2. The number of hydrogen-bond acceptors (Lipinski definition) is 3. The summed E-state index contributed by atoms with van der Waals surface area (Å²) >= 11 is 0. The van der Waals surface area contributed by atoms with E-state index in [4.69, 9.17) is 9.47 Å². The third-order valence-electron chi connectivity index (χ3n) is 3.81. The van der Waals surface area contributed by atoms with E-state index in [-0.39, 0.29) is 5.75 Å². The van der Waals surface area contributed by atoms with E-state index in [1.165, 1.54) is 12.1 Å². The number of ether oxygens (including phenoxy) is 2. The highest BCUT2D eigenvalue weighted by atomic mass is 19.2. The van der Waals surface area contributed by atoms with Gasteiger partial charge in [0.15, 0.2) is 11.6 Å². The van der Waals surface area contributed by atoms with E-state index in [2.05, 4.69) is 0 Å². The molecule has 134 valence electrons. The fourth-order valence-electron chi connectivity index (χ4n) is 2.67. The van der Waals surface area contributed by atoms with Crippen LogP contribution in [0.3, 0.4) is 0 Å². The molecule has 0 saturated carbocycles. The lowest BCUT2D eigenvalue weighted by molar-refractivity contribution is -0.137. The molecule has 0 amide bonds. The zero-order valence-electron chi connectivity index (χ0n) is 14.3. The van der Waals surface area contributed by atoms with Gasteiger partial charge in [0.25, 0.3) is 0 Å². The van der Waals surface area contributed by atoms with Gasteiger partial charge in [0.2, 0.25) is 0 Å². The lowest BCUT2D eigenvalue weighted by atomic mass is 10.1. The molecule has 4 nitrogen and oxygen atoms in total. The van der Waals surface area contributed by atoms with Gasteiger partial charge in [0.1, 0.15) is 11.5 Å². The van der Waals surface area contributed by atoms with Crippen molar-refractivity contribution < 1.29 is 23.0 Å². The minimum atomic E-state index is -0.981. The van der Waals surface area contributed by atoms with E-state index in [9.17, 15) is 13.6 Å². The maximum absolute atomic E-state index is 13.4. The molecule has 0 aliphatic heterocycles. The topological polar surface area (TPSA) is 40.5 Å². The van der Waals surface area contributed by atoms with Gasteiger partial charge in [0.05, 0.1) is 12.1 Å². The van der Waals surface area contributed by atoms with Gasteiger partial charge in [-0.1, -0.05) is 6.07 Å². The monoisotopic (exact) mass is 357 g/mol. The van der Waals surface area contributed by atoms with Crippen molar-refractivity contribution >= 4 is 22.9 Å². The predicted octanol–water partition coefficient (Wildman–Crippen LogP) is 4.83. The third-order valence-corrected chi connectivity index (χ3v) is 3.81. The van der Waals surface area contributed by atoms with Gasteiger partial charge in [-0.2, -0.15) is 0 Å². The fourth-order valence-corrected chi connectivity index (χ4v) is 2.67. The van der Waals surface area contributed by atoms with Crippen molar-refractivity contribution in [2.75, 3.05) is 6.61 Å². The molecule has 1 aromatic heterocycles. The Kier molecular flexibility index (Phi) is 5.02. The zero-order valence-corrected chi connectivity index (χ0v) is 14.3. The summed E-state index contributed by atoms with van der Waals surface area (Å²) in [5, 5.41) is 0.750. The number of fused-ring (bicyclic) bond motifs is 1. The Hall–Kier alpha value is -3.15. The maximum atomic E-state index is 13.4. The number of hydrogen-bond donors (Lipinski definition) is 0. The number of carbonyl (C=O) groups excluding carboxylic acids is 1. The van der Waals surface area contributed by atoms with Crippen LogP contribution >= 0.6 is 0 Å². The number of carbonyl (C=O) groups is 1. The van der Waals surface area contributed by atoms with Crippen LogP contribution < -0.4 is 4.74 Å². The molecule has 0 spiro atoms. The average molecular weight is 357 g/mol. The van der Waals surface area contributed by atoms with Gasteiger partial charge < -0.3 is 14.0 Å². The highest BCUT2D eigenvalue weighted by molar-refractivity contribution is 5.97. The first kappa shape index (κ1) is 17.7. The van der Waals surface area contributed by atoms with Crippen molar-refractivity contribution in [2.24, 2.45) is 7.05 Å². The molecule has 0 atom stereocenters. The molecule has 6 heteroatoms. The Labute approximate surface area is 149 Å². The lowest BCUT2D eigenvalue weighted by Crippen LogP contribution is -1.98. The van der Waals surface area contributed by atoms with Gasteiger partial charge in [0, 0.05) is 36.3 Å². The van der Waals surface area contributed by atoms with Crippen molar-refractivity contribution in [2.45, 2.75) is 6.92 Å². The molecule has 0 fully saturated rings. The SMILES string of the molecule is CCOC(=O)/C=C/c1cn(C)c2cccc(Oc3ccc(F)c(F)c3)c12. The van der Waals surface area contributed by atoms with Crippen LogP contribution in [-0.2, 0) is 16.6 Å². The van der Waals surface area contributed by atoms with Crippen LogP contribution in [0.15, 0.2) is 48.7 Å². The van der Waals surface area contributed by atoms with Crippen LogP contribution in [0.1, 0.15) is 12.5 Å². The van der Waals surface area contributed by atoms with E-state index >= 15 is 0 Å². The lowest BCUT2D eigenvalue weighted by Gasteiger charge is -2.08. The second-order valence-corrected chi connectivity index (χ2v) is 5.61. The minimum absolute atomic E-state index is 0.181. The number of aromatic nitrogens is 1. The largest absolute Gasteiger partial charge is 0.463 e. The molecule has 1 heterocycles. The number of aryl methyl sites for hydroxylation is 1. The van der Waals surface area contributed by atoms with Crippen molar-refractivity contribution in [3.05, 3.63) is 65.9 Å². The van der Waals surface area contributed by atoms with Gasteiger partial charge in [-0.3, -0.25) is 0 Å². The first-order valence-electron chi connectivity index (χ1n) is 8.05. The highest BCUT2D eigenvalue weighted by Crippen LogP contribution is 2.34. The normalized spacial score (nSPS) is 11.2. The standard InChI is InChI=1S/C20H17F2NO3/c1-3-25-19(24)10-7-13-12-23(2)17-5-4-6-18(20(13)17)26-14-8-9-15(21)16(22)11-14/h4-12H,3H2,1-2H3/b10-7+. The van der Waals surface area contributed by atoms with Gasteiger partial charge in [-0.25, -0.2) is 13.6 Å². The molecule has 2 aromatic carbocycles. The molecular formula is C20H17F2NO3. The maximum Gasteiger partial charge on any atom is 0.330 e. The van der Waals surface area contributed by atoms with E-state index < -0.39 is 17.6 Å². The van der Waals surface area contributed by atoms with E-state index in [1.807, 2.05) is 23.9 Å². The van der Waals surface area contributed by atoms with Crippen molar-refractivity contribution in [1.29, 1.82) is 0 Å². The molecule has 0 aliphatic carbocycles. The van der Waals surface area contributed by atoms with E-state index in [0.717, 1.165) is 28.6 Å². The Bertz CT molecular complexity index is 992. The molecule has 0 aliphatic rings. The van der Waals surface area contributed by atoms with Crippen LogP contribution in [0.5, 0.6) is 11.5 Å². The molecular weight excluding hydrogens is 340 g/mol. The minimum Gasteiger partial charge on any atom is -0.463 e. The molecule has 3 aromatic rings. The first-order chi connectivity index (χ1) is 12.5. The smallest absolute Gasteiger partial charge is 0.330 e. The molecule has 3 rings (SSSR count). The van der Waals surface area contributed by atoms with Gasteiger partial charge in [-0.05, 0) is 37.3 Å².